The molecule has 2 aromatic carbocycles. The maximum absolute atomic E-state index is 6.29. The highest BCUT2D eigenvalue weighted by atomic mass is 35.5. The van der Waals surface area contributed by atoms with Crippen molar-refractivity contribution in [1.29, 1.82) is 0 Å². The number of para-hydroxylation sites is 1. The minimum Gasteiger partial charge on any atom is -0.496 e. The number of anilines is 1. The molecule has 7 heteroatoms. The Balaban J connectivity index is 1.78. The lowest BCUT2D eigenvalue weighted by Crippen LogP contribution is -2.39. The van der Waals surface area contributed by atoms with Crippen molar-refractivity contribution >= 4 is 46.2 Å². The van der Waals surface area contributed by atoms with Crippen LogP contribution >= 0.6 is 35.4 Å². The lowest BCUT2D eigenvalue weighted by atomic mass is 10.1. The van der Waals surface area contributed by atoms with E-state index in [2.05, 4.69) is 10.2 Å². The Labute approximate surface area is 175 Å². The normalized spacial score (nSPS) is 16.2. The van der Waals surface area contributed by atoms with Gasteiger partial charge in [0.1, 0.15) is 5.75 Å². The second kappa shape index (κ2) is 9.60. The number of benzene rings is 2. The highest BCUT2D eigenvalue weighted by Crippen LogP contribution is 2.27. The van der Waals surface area contributed by atoms with Crippen LogP contribution in [0.2, 0.25) is 10.0 Å². The zero-order valence-electron chi connectivity index (χ0n) is 15.1. The van der Waals surface area contributed by atoms with Gasteiger partial charge in [0.2, 0.25) is 0 Å². The Morgan fingerprint density at radius 1 is 1.30 bits per heavy atom. The monoisotopic (exact) mass is 424 g/mol. The van der Waals surface area contributed by atoms with E-state index in [1.54, 1.807) is 19.2 Å². The maximum Gasteiger partial charge on any atom is 0.173 e. The Morgan fingerprint density at radius 3 is 2.81 bits per heavy atom. The fourth-order valence-electron chi connectivity index (χ4n) is 3.08. The molecule has 0 aliphatic carbocycles. The molecule has 0 radical (unpaired) electrons. The molecular formula is C20H22Cl2N2O2S. The summed E-state index contributed by atoms with van der Waals surface area (Å²) in [6.07, 6.45) is 2.28. The van der Waals surface area contributed by atoms with Gasteiger partial charge in [-0.1, -0.05) is 41.4 Å². The van der Waals surface area contributed by atoms with Crippen molar-refractivity contribution in [3.05, 3.63) is 58.1 Å². The zero-order valence-corrected chi connectivity index (χ0v) is 17.4. The molecule has 3 rings (SSSR count). The average Bonchev–Trinajstić information content (AvgIpc) is 3.17. The van der Waals surface area contributed by atoms with Gasteiger partial charge in [-0.3, -0.25) is 0 Å². The van der Waals surface area contributed by atoms with Gasteiger partial charge in [-0.25, -0.2) is 0 Å². The van der Waals surface area contributed by atoms with Crippen molar-refractivity contribution in [2.45, 2.75) is 25.5 Å². The van der Waals surface area contributed by atoms with Crippen molar-refractivity contribution in [3.8, 4) is 5.75 Å². The van der Waals surface area contributed by atoms with Gasteiger partial charge in [-0.05, 0) is 49.3 Å². The second-order valence-electron chi connectivity index (χ2n) is 6.38. The van der Waals surface area contributed by atoms with Crippen molar-refractivity contribution in [2.24, 2.45) is 0 Å². The van der Waals surface area contributed by atoms with Crippen LogP contribution < -0.4 is 10.1 Å². The minimum atomic E-state index is 0.167. The summed E-state index contributed by atoms with van der Waals surface area (Å²) >= 11 is 18.0. The van der Waals surface area contributed by atoms with E-state index in [0.717, 1.165) is 36.4 Å². The maximum atomic E-state index is 6.29. The Morgan fingerprint density at radius 2 is 2.11 bits per heavy atom. The van der Waals surface area contributed by atoms with Crippen molar-refractivity contribution < 1.29 is 9.47 Å². The number of rotatable bonds is 6. The lowest BCUT2D eigenvalue weighted by Gasteiger charge is -2.29. The van der Waals surface area contributed by atoms with E-state index in [0.29, 0.717) is 28.2 Å². The summed E-state index contributed by atoms with van der Waals surface area (Å²) in [7, 11) is 1.67. The molecule has 27 heavy (non-hydrogen) atoms. The summed E-state index contributed by atoms with van der Waals surface area (Å²) in [4.78, 5) is 2.09. The fraction of sp³-hybridized carbons (Fsp3) is 0.350. The molecule has 1 fully saturated rings. The topological polar surface area (TPSA) is 33.7 Å². The van der Waals surface area contributed by atoms with Crippen LogP contribution in [0.15, 0.2) is 42.5 Å². The molecule has 1 atom stereocenters. The smallest absolute Gasteiger partial charge is 0.173 e. The van der Waals surface area contributed by atoms with E-state index in [1.165, 1.54) is 0 Å². The summed E-state index contributed by atoms with van der Waals surface area (Å²) in [5.41, 5.74) is 1.78. The van der Waals surface area contributed by atoms with Crippen molar-refractivity contribution in [3.63, 3.8) is 0 Å². The van der Waals surface area contributed by atoms with Crippen LogP contribution in [0.3, 0.4) is 0 Å². The summed E-state index contributed by atoms with van der Waals surface area (Å²) in [6.45, 7) is 2.12. The van der Waals surface area contributed by atoms with E-state index < -0.39 is 0 Å². The summed E-state index contributed by atoms with van der Waals surface area (Å²) in [6, 6.07) is 13.2. The van der Waals surface area contributed by atoms with E-state index >= 15 is 0 Å². The Hall–Kier alpha value is -1.53. The molecule has 1 unspecified atom stereocenters. The van der Waals surface area contributed by atoms with E-state index in [9.17, 15) is 0 Å². The van der Waals surface area contributed by atoms with Crippen LogP contribution in [0, 0.1) is 0 Å². The minimum absolute atomic E-state index is 0.167. The quantitative estimate of drug-likeness (QED) is 0.629. The third kappa shape index (κ3) is 5.48. The molecule has 0 bridgehead atoms. The molecule has 0 saturated carbocycles. The van der Waals surface area contributed by atoms with Crippen LogP contribution in [0.5, 0.6) is 5.75 Å². The predicted molar refractivity (Wildman–Crippen MR) is 115 cm³/mol. The third-order valence-electron chi connectivity index (χ3n) is 4.46. The fourth-order valence-corrected chi connectivity index (χ4v) is 3.78. The average molecular weight is 425 g/mol. The number of hydrogen-bond acceptors (Lipinski definition) is 3. The number of methoxy groups -OCH3 is 1. The van der Waals surface area contributed by atoms with Crippen LogP contribution in [-0.4, -0.2) is 36.4 Å². The van der Waals surface area contributed by atoms with Gasteiger partial charge < -0.3 is 19.7 Å². The molecule has 2 aromatic rings. The van der Waals surface area contributed by atoms with Crippen molar-refractivity contribution in [2.75, 3.05) is 25.6 Å². The molecule has 0 aromatic heterocycles. The molecule has 0 amide bonds. The SMILES string of the molecule is COc1ccccc1CN(CC1CCCO1)C(=S)Nc1ccc(Cl)cc1Cl. The Kier molecular flexibility index (Phi) is 7.19. The number of thiocarbonyl (C=S) groups is 1. The molecule has 1 aliphatic heterocycles. The van der Waals surface area contributed by atoms with Gasteiger partial charge in [0.15, 0.2) is 5.11 Å². The first kappa shape index (κ1) is 20.2. The summed E-state index contributed by atoms with van der Waals surface area (Å²) < 4.78 is 11.3. The van der Waals surface area contributed by atoms with Crippen LogP contribution in [0.25, 0.3) is 0 Å². The molecule has 1 heterocycles. The van der Waals surface area contributed by atoms with Gasteiger partial charge in [0, 0.05) is 30.3 Å². The van der Waals surface area contributed by atoms with Crippen LogP contribution in [-0.2, 0) is 11.3 Å². The first-order valence-electron chi connectivity index (χ1n) is 8.81. The molecule has 1 saturated heterocycles. The van der Waals surface area contributed by atoms with Gasteiger partial charge in [0.25, 0.3) is 0 Å². The third-order valence-corrected chi connectivity index (χ3v) is 5.37. The predicted octanol–water partition coefficient (Wildman–Crippen LogP) is 5.38. The van der Waals surface area contributed by atoms with Crippen LogP contribution in [0.4, 0.5) is 5.69 Å². The standard InChI is InChI=1S/C20H22Cl2N2O2S/c1-25-19-7-3-2-5-14(19)12-24(13-16-6-4-10-26-16)20(27)23-18-9-8-15(21)11-17(18)22/h2-3,5,7-9,11,16H,4,6,10,12-13H2,1H3,(H,23,27). The number of nitrogens with zero attached hydrogens (tertiary/aromatic N) is 1. The van der Waals surface area contributed by atoms with Gasteiger partial charge in [-0.15, -0.1) is 0 Å². The summed E-state index contributed by atoms with van der Waals surface area (Å²) in [5, 5.41) is 4.94. The van der Waals surface area contributed by atoms with Crippen molar-refractivity contribution in [1.82, 2.24) is 4.90 Å². The first-order valence-corrected chi connectivity index (χ1v) is 9.97. The van der Waals surface area contributed by atoms with E-state index in [4.69, 9.17) is 44.9 Å². The van der Waals surface area contributed by atoms with E-state index in [-0.39, 0.29) is 6.10 Å². The molecule has 1 N–H and O–H groups in total. The van der Waals surface area contributed by atoms with Gasteiger partial charge in [-0.2, -0.15) is 0 Å². The molecular weight excluding hydrogens is 403 g/mol. The molecule has 1 aliphatic rings. The highest BCUT2D eigenvalue weighted by Gasteiger charge is 2.22. The highest BCUT2D eigenvalue weighted by molar-refractivity contribution is 7.80. The van der Waals surface area contributed by atoms with Gasteiger partial charge >= 0.3 is 0 Å². The Bertz CT molecular complexity index is 797. The summed E-state index contributed by atoms with van der Waals surface area (Å²) in [5.74, 6) is 0.835. The number of halogens is 2. The van der Waals surface area contributed by atoms with Crippen LogP contribution in [0.1, 0.15) is 18.4 Å². The zero-order chi connectivity index (χ0) is 19.2. The lowest BCUT2D eigenvalue weighted by molar-refractivity contribution is 0.0903. The number of nitrogens with one attached hydrogen (secondary N) is 1. The molecule has 0 spiro atoms. The first-order chi connectivity index (χ1) is 13.1. The van der Waals surface area contributed by atoms with Gasteiger partial charge in [0.05, 0.1) is 23.9 Å². The molecule has 4 nitrogen and oxygen atoms in total. The number of hydrogen-bond donors (Lipinski definition) is 1. The van der Waals surface area contributed by atoms with E-state index in [1.807, 2.05) is 30.3 Å². The second-order valence-corrected chi connectivity index (χ2v) is 7.61. The molecule has 144 valence electrons. The largest absolute Gasteiger partial charge is 0.496 e. The number of ether oxygens (including phenoxy) is 2.